The van der Waals surface area contributed by atoms with Crippen LogP contribution >= 0.6 is 12.2 Å². The lowest BCUT2D eigenvalue weighted by atomic mass is 10.1. The molecule has 10 heteroatoms. The van der Waals surface area contributed by atoms with Crippen molar-refractivity contribution in [3.05, 3.63) is 80.8 Å². The molecule has 0 spiro atoms. The molecule has 0 fully saturated rings. The molecule has 1 aliphatic rings. The van der Waals surface area contributed by atoms with Gasteiger partial charge >= 0.3 is 0 Å². The summed E-state index contributed by atoms with van der Waals surface area (Å²) in [5.41, 5.74) is 1.95. The number of carbonyl (C=O) groups is 1. The van der Waals surface area contributed by atoms with E-state index in [-0.39, 0.29) is 23.0 Å². The Balaban J connectivity index is 1.42. The molecular weight excluding hydrogens is 470 g/mol. The lowest BCUT2D eigenvalue weighted by molar-refractivity contribution is 0.0951. The molecule has 0 radical (unpaired) electrons. The monoisotopic (exact) mass is 491 g/mol. The van der Waals surface area contributed by atoms with E-state index in [0.29, 0.717) is 51.7 Å². The molecule has 3 aromatic carbocycles. The van der Waals surface area contributed by atoms with E-state index in [0.717, 1.165) is 5.56 Å². The fourth-order valence-electron chi connectivity index (χ4n) is 3.89. The first-order chi connectivity index (χ1) is 17.0. The maximum absolute atomic E-state index is 13.3. The highest BCUT2D eigenvalue weighted by Crippen LogP contribution is 2.32. The van der Waals surface area contributed by atoms with Crippen molar-refractivity contribution in [2.45, 2.75) is 6.54 Å². The van der Waals surface area contributed by atoms with E-state index in [1.807, 2.05) is 18.2 Å². The van der Waals surface area contributed by atoms with Crippen molar-refractivity contribution in [1.82, 2.24) is 14.9 Å². The number of benzene rings is 3. The molecular formula is C25H21N3O6S. The fraction of sp³-hybridized carbons (Fsp3) is 0.160. The molecule has 0 saturated carbocycles. The number of hydrogen-bond donors (Lipinski definition) is 2. The Kier molecular flexibility index (Phi) is 5.87. The molecule has 9 nitrogen and oxygen atoms in total. The zero-order valence-corrected chi connectivity index (χ0v) is 19.7. The maximum Gasteiger partial charge on any atom is 0.266 e. The van der Waals surface area contributed by atoms with Gasteiger partial charge in [0.2, 0.25) is 6.79 Å². The second kappa shape index (κ2) is 9.15. The quantitative estimate of drug-likeness (QED) is 0.396. The summed E-state index contributed by atoms with van der Waals surface area (Å²) >= 11 is 5.47. The second-order valence-electron chi connectivity index (χ2n) is 7.74. The van der Waals surface area contributed by atoms with Crippen LogP contribution in [-0.4, -0.2) is 36.5 Å². The Morgan fingerprint density at radius 3 is 2.63 bits per heavy atom. The van der Waals surface area contributed by atoms with Gasteiger partial charge in [-0.25, -0.2) is 0 Å². The first-order valence-electron chi connectivity index (χ1n) is 10.7. The highest BCUT2D eigenvalue weighted by Gasteiger charge is 2.15. The van der Waals surface area contributed by atoms with E-state index < -0.39 is 0 Å². The van der Waals surface area contributed by atoms with Gasteiger partial charge in [-0.3, -0.25) is 14.2 Å². The van der Waals surface area contributed by atoms with Gasteiger partial charge in [-0.05, 0) is 60.2 Å². The summed E-state index contributed by atoms with van der Waals surface area (Å²) in [6.07, 6.45) is 0. The van der Waals surface area contributed by atoms with Crippen LogP contribution in [0, 0.1) is 4.77 Å². The molecule has 0 unspecified atom stereocenters. The van der Waals surface area contributed by atoms with Crippen LogP contribution in [0.25, 0.3) is 16.6 Å². The summed E-state index contributed by atoms with van der Waals surface area (Å²) in [5, 5.41) is 3.27. The summed E-state index contributed by atoms with van der Waals surface area (Å²) in [4.78, 5) is 29.1. The van der Waals surface area contributed by atoms with Gasteiger partial charge in [-0.2, -0.15) is 0 Å². The van der Waals surface area contributed by atoms with Gasteiger partial charge in [0.05, 0.1) is 30.8 Å². The highest BCUT2D eigenvalue weighted by atomic mass is 32.1. The number of aromatic nitrogens is 2. The van der Waals surface area contributed by atoms with Crippen molar-refractivity contribution in [2.75, 3.05) is 21.0 Å². The average Bonchev–Trinajstić information content (AvgIpc) is 3.34. The molecule has 35 heavy (non-hydrogen) atoms. The van der Waals surface area contributed by atoms with Gasteiger partial charge in [-0.15, -0.1) is 0 Å². The molecule has 2 N–H and O–H groups in total. The second-order valence-corrected chi connectivity index (χ2v) is 8.13. The van der Waals surface area contributed by atoms with Crippen molar-refractivity contribution in [3.63, 3.8) is 0 Å². The van der Waals surface area contributed by atoms with Gasteiger partial charge in [0.15, 0.2) is 27.8 Å². The number of fused-ring (bicyclic) bond motifs is 2. The smallest absolute Gasteiger partial charge is 0.266 e. The molecule has 2 heterocycles. The molecule has 5 rings (SSSR count). The van der Waals surface area contributed by atoms with Crippen LogP contribution in [-0.2, 0) is 6.54 Å². The van der Waals surface area contributed by atoms with Crippen LogP contribution in [0.3, 0.4) is 0 Å². The number of nitrogens with zero attached hydrogens (tertiary/aromatic N) is 1. The Morgan fingerprint density at radius 2 is 1.83 bits per heavy atom. The lowest BCUT2D eigenvalue weighted by Gasteiger charge is -2.12. The predicted molar refractivity (Wildman–Crippen MR) is 132 cm³/mol. The summed E-state index contributed by atoms with van der Waals surface area (Å²) in [6, 6.07) is 15.4. The molecule has 0 atom stereocenters. The zero-order valence-electron chi connectivity index (χ0n) is 18.9. The summed E-state index contributed by atoms with van der Waals surface area (Å²) in [5.74, 6) is 2.06. The third-order valence-corrected chi connectivity index (χ3v) is 5.96. The summed E-state index contributed by atoms with van der Waals surface area (Å²) in [6.45, 7) is 0.502. The SMILES string of the molecule is COc1ccc(-n2c(=S)[nH]c3cc(C(=O)NCc4ccc5c(c4)OCO5)ccc3c2=O)cc1OC. The maximum atomic E-state index is 13.3. The van der Waals surface area contributed by atoms with Gasteiger partial charge in [-0.1, -0.05) is 6.07 Å². The molecule has 1 aliphatic heterocycles. The Morgan fingerprint density at radius 1 is 1.03 bits per heavy atom. The van der Waals surface area contributed by atoms with Crippen molar-refractivity contribution in [1.29, 1.82) is 0 Å². The van der Waals surface area contributed by atoms with Gasteiger partial charge in [0.1, 0.15) is 0 Å². The standard InChI is InChI=1S/C25H21N3O6S/c1-31-19-8-5-16(11-21(19)32-2)28-24(30)17-6-4-15(10-18(17)27-25(28)35)23(29)26-12-14-3-7-20-22(9-14)34-13-33-20/h3-11H,12-13H2,1-2H3,(H,26,29)(H,27,35). The van der Waals surface area contributed by atoms with E-state index in [1.54, 1.807) is 36.4 Å². The van der Waals surface area contributed by atoms with Crippen LogP contribution in [0.2, 0.25) is 0 Å². The first kappa shape index (κ1) is 22.5. The van der Waals surface area contributed by atoms with Crippen LogP contribution < -0.4 is 29.8 Å². The topological polar surface area (TPSA) is 104 Å². The summed E-state index contributed by atoms with van der Waals surface area (Å²) < 4.78 is 22.8. The van der Waals surface area contributed by atoms with Crippen molar-refractivity contribution >= 4 is 29.0 Å². The number of nitrogens with one attached hydrogen (secondary N) is 2. The fourth-order valence-corrected chi connectivity index (χ4v) is 4.19. The molecule has 0 aliphatic carbocycles. The minimum atomic E-state index is -0.316. The normalized spacial score (nSPS) is 11.9. The number of rotatable bonds is 6. The van der Waals surface area contributed by atoms with E-state index in [1.165, 1.54) is 18.8 Å². The van der Waals surface area contributed by atoms with Gasteiger partial charge in [0.25, 0.3) is 11.5 Å². The third kappa shape index (κ3) is 4.19. The summed E-state index contributed by atoms with van der Waals surface area (Å²) in [7, 11) is 3.06. The predicted octanol–water partition coefficient (Wildman–Crippen LogP) is 3.72. The van der Waals surface area contributed by atoms with Gasteiger partial charge in [0, 0.05) is 18.2 Å². The number of carbonyl (C=O) groups excluding carboxylic acids is 1. The lowest BCUT2D eigenvalue weighted by Crippen LogP contribution is -2.24. The Hall–Kier alpha value is -4.31. The number of aromatic amines is 1. The molecule has 0 saturated heterocycles. The number of amides is 1. The number of H-pyrrole nitrogens is 1. The van der Waals surface area contributed by atoms with Crippen LogP contribution in [0.4, 0.5) is 0 Å². The Bertz CT molecular complexity index is 1580. The molecule has 4 aromatic rings. The van der Waals surface area contributed by atoms with E-state index >= 15 is 0 Å². The molecule has 178 valence electrons. The third-order valence-electron chi connectivity index (χ3n) is 5.68. The molecule has 0 bridgehead atoms. The molecule has 1 aromatic heterocycles. The zero-order chi connectivity index (χ0) is 24.5. The first-order valence-corrected chi connectivity index (χ1v) is 11.1. The van der Waals surface area contributed by atoms with Crippen LogP contribution in [0.1, 0.15) is 15.9 Å². The minimum Gasteiger partial charge on any atom is -0.493 e. The van der Waals surface area contributed by atoms with Crippen LogP contribution in [0.5, 0.6) is 23.0 Å². The van der Waals surface area contributed by atoms with Gasteiger partial charge < -0.3 is 29.2 Å². The highest BCUT2D eigenvalue weighted by molar-refractivity contribution is 7.71. The largest absolute Gasteiger partial charge is 0.493 e. The molecule has 1 amide bonds. The van der Waals surface area contributed by atoms with Crippen molar-refractivity contribution in [2.24, 2.45) is 0 Å². The number of ether oxygens (including phenoxy) is 4. The average molecular weight is 492 g/mol. The van der Waals surface area contributed by atoms with Crippen LogP contribution in [0.15, 0.2) is 59.4 Å². The van der Waals surface area contributed by atoms with Crippen molar-refractivity contribution < 1.29 is 23.7 Å². The number of methoxy groups -OCH3 is 2. The van der Waals surface area contributed by atoms with E-state index in [2.05, 4.69) is 10.3 Å². The van der Waals surface area contributed by atoms with E-state index in [4.69, 9.17) is 31.2 Å². The van der Waals surface area contributed by atoms with Crippen molar-refractivity contribution in [3.8, 4) is 28.7 Å². The Labute approximate surface area is 204 Å². The number of hydrogen-bond acceptors (Lipinski definition) is 7. The van der Waals surface area contributed by atoms with E-state index in [9.17, 15) is 9.59 Å². The minimum absolute atomic E-state index is 0.188.